The molecule has 0 amide bonds. The molecule has 0 aliphatic heterocycles. The summed E-state index contributed by atoms with van der Waals surface area (Å²) in [6.07, 6.45) is 3.64. The van der Waals surface area contributed by atoms with Gasteiger partial charge in [-0.1, -0.05) is 18.0 Å². The van der Waals surface area contributed by atoms with Crippen LogP contribution < -0.4 is 0 Å². The molecule has 1 heterocycles. The van der Waals surface area contributed by atoms with Gasteiger partial charge in [-0.2, -0.15) is 0 Å². The molecule has 0 spiro atoms. The van der Waals surface area contributed by atoms with Gasteiger partial charge in [0.2, 0.25) is 0 Å². The zero-order chi connectivity index (χ0) is 9.26. The van der Waals surface area contributed by atoms with Gasteiger partial charge in [0, 0.05) is 5.92 Å². The molecular weight excluding hydrogens is 207 g/mol. The Morgan fingerprint density at radius 3 is 2.69 bits per heavy atom. The second kappa shape index (κ2) is 3.81. The first kappa shape index (κ1) is 9.22. The molecule has 0 atom stereocenters. The summed E-state index contributed by atoms with van der Waals surface area (Å²) < 4.78 is 0. The average Bonchev–Trinajstić information content (AvgIpc) is 2.00. The lowest BCUT2D eigenvalue weighted by molar-refractivity contribution is 0.400. The zero-order valence-electron chi connectivity index (χ0n) is 7.13. The van der Waals surface area contributed by atoms with E-state index in [-0.39, 0.29) is 0 Å². The van der Waals surface area contributed by atoms with Crippen molar-refractivity contribution >= 4 is 23.2 Å². The van der Waals surface area contributed by atoms with Crippen LogP contribution in [0.1, 0.15) is 36.7 Å². The fourth-order valence-electron chi connectivity index (χ4n) is 1.40. The predicted molar refractivity (Wildman–Crippen MR) is 53.2 cm³/mol. The molecule has 1 aromatic heterocycles. The van der Waals surface area contributed by atoms with Crippen LogP contribution in [-0.2, 0) is 5.88 Å². The van der Waals surface area contributed by atoms with E-state index in [1.165, 1.54) is 19.3 Å². The highest BCUT2D eigenvalue weighted by Gasteiger charge is 2.22. The maximum atomic E-state index is 5.84. The molecule has 2 nitrogen and oxygen atoms in total. The van der Waals surface area contributed by atoms with Crippen LogP contribution in [-0.4, -0.2) is 9.97 Å². The Labute approximate surface area is 87.3 Å². The van der Waals surface area contributed by atoms with Crippen molar-refractivity contribution in [3.05, 3.63) is 22.7 Å². The Balaban J connectivity index is 2.28. The monoisotopic (exact) mass is 216 g/mol. The third-order valence-electron chi connectivity index (χ3n) is 2.37. The van der Waals surface area contributed by atoms with Crippen molar-refractivity contribution in [2.75, 3.05) is 0 Å². The standard InChI is InChI=1S/C9H10Cl2N2/c10-5-7-4-8(11)13-9(12-7)6-2-1-3-6/h4,6H,1-3,5H2. The SMILES string of the molecule is ClCc1cc(Cl)nc(C2CCC2)n1. The van der Waals surface area contributed by atoms with Crippen molar-refractivity contribution in [2.45, 2.75) is 31.1 Å². The maximum absolute atomic E-state index is 5.84. The molecule has 2 rings (SSSR count). The summed E-state index contributed by atoms with van der Waals surface area (Å²) in [7, 11) is 0. The summed E-state index contributed by atoms with van der Waals surface area (Å²) >= 11 is 11.5. The molecule has 0 aromatic carbocycles. The smallest absolute Gasteiger partial charge is 0.133 e. The quantitative estimate of drug-likeness (QED) is 0.561. The molecular formula is C9H10Cl2N2. The van der Waals surface area contributed by atoms with Crippen molar-refractivity contribution in [3.8, 4) is 0 Å². The van der Waals surface area contributed by atoms with Crippen molar-refractivity contribution in [2.24, 2.45) is 0 Å². The van der Waals surface area contributed by atoms with Gasteiger partial charge < -0.3 is 0 Å². The third-order valence-corrected chi connectivity index (χ3v) is 2.84. The molecule has 1 fully saturated rings. The number of hydrogen-bond donors (Lipinski definition) is 0. The van der Waals surface area contributed by atoms with Gasteiger partial charge in [-0.15, -0.1) is 11.6 Å². The van der Waals surface area contributed by atoms with Crippen molar-refractivity contribution < 1.29 is 0 Å². The van der Waals surface area contributed by atoms with Gasteiger partial charge >= 0.3 is 0 Å². The highest BCUT2D eigenvalue weighted by atomic mass is 35.5. The molecule has 0 radical (unpaired) electrons. The minimum atomic E-state index is 0.405. The zero-order valence-corrected chi connectivity index (χ0v) is 8.65. The molecule has 1 aliphatic carbocycles. The van der Waals surface area contributed by atoms with Crippen LogP contribution in [0.15, 0.2) is 6.07 Å². The van der Waals surface area contributed by atoms with Gasteiger partial charge in [-0.25, -0.2) is 9.97 Å². The predicted octanol–water partition coefficient (Wildman–Crippen LogP) is 3.14. The molecule has 0 saturated heterocycles. The van der Waals surface area contributed by atoms with Crippen LogP contribution in [0, 0.1) is 0 Å². The molecule has 1 aliphatic rings. The van der Waals surface area contributed by atoms with Gasteiger partial charge in [0.1, 0.15) is 11.0 Å². The molecule has 0 N–H and O–H groups in total. The van der Waals surface area contributed by atoms with E-state index in [9.17, 15) is 0 Å². The van der Waals surface area contributed by atoms with E-state index in [4.69, 9.17) is 23.2 Å². The first-order chi connectivity index (χ1) is 6.29. The highest BCUT2D eigenvalue weighted by Crippen LogP contribution is 2.34. The van der Waals surface area contributed by atoms with E-state index in [0.717, 1.165) is 11.5 Å². The molecule has 70 valence electrons. The molecule has 13 heavy (non-hydrogen) atoms. The van der Waals surface area contributed by atoms with Gasteiger partial charge in [-0.05, 0) is 18.9 Å². The van der Waals surface area contributed by atoms with Gasteiger partial charge in [-0.3, -0.25) is 0 Å². The number of aromatic nitrogens is 2. The highest BCUT2D eigenvalue weighted by molar-refractivity contribution is 6.29. The topological polar surface area (TPSA) is 25.8 Å². The first-order valence-corrected chi connectivity index (χ1v) is 5.30. The molecule has 1 aromatic rings. The van der Waals surface area contributed by atoms with Crippen molar-refractivity contribution in [3.63, 3.8) is 0 Å². The van der Waals surface area contributed by atoms with Crippen LogP contribution in [0.2, 0.25) is 5.15 Å². The second-order valence-corrected chi connectivity index (χ2v) is 3.96. The van der Waals surface area contributed by atoms with E-state index in [0.29, 0.717) is 17.0 Å². The van der Waals surface area contributed by atoms with Crippen LogP contribution in [0.3, 0.4) is 0 Å². The molecule has 4 heteroatoms. The Hall–Kier alpha value is -0.340. The minimum absolute atomic E-state index is 0.405. The van der Waals surface area contributed by atoms with Gasteiger partial charge in [0.05, 0.1) is 11.6 Å². The van der Waals surface area contributed by atoms with E-state index in [1.54, 1.807) is 6.07 Å². The molecule has 1 saturated carbocycles. The lowest BCUT2D eigenvalue weighted by atomic mass is 9.85. The van der Waals surface area contributed by atoms with Crippen LogP contribution in [0.5, 0.6) is 0 Å². The van der Waals surface area contributed by atoms with Gasteiger partial charge in [0.25, 0.3) is 0 Å². The first-order valence-electron chi connectivity index (χ1n) is 4.39. The number of nitrogens with zero attached hydrogens (tertiary/aromatic N) is 2. The summed E-state index contributed by atoms with van der Waals surface area (Å²) in [5.41, 5.74) is 0.823. The summed E-state index contributed by atoms with van der Waals surface area (Å²) in [4.78, 5) is 8.55. The lowest BCUT2D eigenvalue weighted by Crippen LogP contribution is -2.13. The Kier molecular flexibility index (Phi) is 2.70. The Bertz CT molecular complexity index is 310. The fraction of sp³-hybridized carbons (Fsp3) is 0.556. The molecule has 0 unspecified atom stereocenters. The lowest BCUT2D eigenvalue weighted by Gasteiger charge is -2.23. The fourth-order valence-corrected chi connectivity index (χ4v) is 1.75. The number of hydrogen-bond acceptors (Lipinski definition) is 2. The van der Waals surface area contributed by atoms with E-state index in [2.05, 4.69) is 9.97 Å². The van der Waals surface area contributed by atoms with Gasteiger partial charge in [0.15, 0.2) is 0 Å². The van der Waals surface area contributed by atoms with E-state index < -0.39 is 0 Å². The summed E-state index contributed by atoms with van der Waals surface area (Å²) in [6, 6.07) is 1.72. The van der Waals surface area contributed by atoms with E-state index >= 15 is 0 Å². The Morgan fingerprint density at radius 1 is 1.38 bits per heavy atom. The summed E-state index contributed by atoms with van der Waals surface area (Å²) in [6.45, 7) is 0. The van der Waals surface area contributed by atoms with Crippen LogP contribution >= 0.6 is 23.2 Å². The number of halogens is 2. The Morgan fingerprint density at radius 2 is 2.15 bits per heavy atom. The maximum Gasteiger partial charge on any atom is 0.133 e. The summed E-state index contributed by atoms with van der Waals surface area (Å²) in [5, 5.41) is 0.507. The van der Waals surface area contributed by atoms with Crippen LogP contribution in [0.4, 0.5) is 0 Å². The number of rotatable bonds is 2. The van der Waals surface area contributed by atoms with Crippen molar-refractivity contribution in [1.29, 1.82) is 0 Å². The number of alkyl halides is 1. The third kappa shape index (κ3) is 1.94. The molecule has 0 bridgehead atoms. The minimum Gasteiger partial charge on any atom is -0.236 e. The normalized spacial score (nSPS) is 17.1. The summed E-state index contributed by atoms with van der Waals surface area (Å²) in [5.74, 6) is 1.79. The van der Waals surface area contributed by atoms with Crippen LogP contribution in [0.25, 0.3) is 0 Å². The second-order valence-electron chi connectivity index (χ2n) is 3.30. The average molecular weight is 217 g/mol. The van der Waals surface area contributed by atoms with E-state index in [1.807, 2.05) is 0 Å². The largest absolute Gasteiger partial charge is 0.236 e. The van der Waals surface area contributed by atoms with Crippen molar-refractivity contribution in [1.82, 2.24) is 9.97 Å².